The van der Waals surface area contributed by atoms with E-state index in [-0.39, 0.29) is 11.6 Å². The van der Waals surface area contributed by atoms with Crippen LogP contribution in [0.1, 0.15) is 16.1 Å². The second kappa shape index (κ2) is 8.04. The molecule has 0 spiro atoms. The summed E-state index contributed by atoms with van der Waals surface area (Å²) in [5, 5.41) is 6.54. The van der Waals surface area contributed by atoms with Crippen LogP contribution in [0.25, 0.3) is 11.0 Å². The molecule has 2 aromatic carbocycles. The van der Waals surface area contributed by atoms with E-state index in [1.165, 1.54) is 6.20 Å². The number of aryl methyl sites for hydroxylation is 2. The topological polar surface area (TPSA) is 81.1 Å². The van der Waals surface area contributed by atoms with Crippen molar-refractivity contribution in [3.8, 4) is 11.5 Å². The molecule has 0 aliphatic heterocycles. The van der Waals surface area contributed by atoms with Crippen LogP contribution >= 0.6 is 11.6 Å². The molecule has 0 atom stereocenters. The van der Waals surface area contributed by atoms with Crippen LogP contribution < -0.4 is 15.4 Å². The van der Waals surface area contributed by atoms with Gasteiger partial charge in [-0.3, -0.25) is 9.78 Å². The maximum atomic E-state index is 11.8. The van der Waals surface area contributed by atoms with Crippen molar-refractivity contribution in [3.63, 3.8) is 0 Å². The zero-order valence-corrected chi connectivity index (χ0v) is 17.5. The fourth-order valence-corrected chi connectivity index (χ4v) is 3.20. The number of nitrogens with one attached hydrogen (secondary N) is 2. The lowest BCUT2D eigenvalue weighted by Gasteiger charge is -2.08. The number of nitrogens with zero attached hydrogens (tertiary/aromatic N) is 3. The number of benzene rings is 2. The van der Waals surface area contributed by atoms with Gasteiger partial charge in [0.2, 0.25) is 5.95 Å². The number of rotatable bonds is 5. The Balaban J connectivity index is 1.60. The lowest BCUT2D eigenvalue weighted by atomic mass is 10.2. The summed E-state index contributed by atoms with van der Waals surface area (Å²) in [4.78, 5) is 20.5. The first-order chi connectivity index (χ1) is 14.4. The first-order valence-electron chi connectivity index (χ1n) is 9.30. The molecule has 2 aromatic heterocycles. The number of carbonyl (C=O) groups is 1. The minimum Gasteiger partial charge on any atom is -0.457 e. The van der Waals surface area contributed by atoms with Gasteiger partial charge in [-0.25, -0.2) is 4.98 Å². The van der Waals surface area contributed by atoms with Gasteiger partial charge >= 0.3 is 0 Å². The van der Waals surface area contributed by atoms with Gasteiger partial charge in [0.15, 0.2) is 0 Å². The van der Waals surface area contributed by atoms with Gasteiger partial charge in [0.25, 0.3) is 5.91 Å². The summed E-state index contributed by atoms with van der Waals surface area (Å²) in [6.45, 7) is 1.96. The van der Waals surface area contributed by atoms with Crippen LogP contribution in [0.15, 0.2) is 54.7 Å². The molecule has 152 valence electrons. The second-order valence-electron chi connectivity index (χ2n) is 6.79. The number of amides is 1. The highest BCUT2D eigenvalue weighted by Gasteiger charge is 2.11. The molecule has 0 aliphatic rings. The SMILES string of the molecule is CNC(=O)c1cc(Oc2ccc3c(c2)nc(Nc2ccc(C)c(Cl)c2)n3C)ccn1. The molecule has 30 heavy (non-hydrogen) atoms. The number of aromatic nitrogens is 3. The van der Waals surface area contributed by atoms with Crippen molar-refractivity contribution >= 4 is 40.2 Å². The van der Waals surface area contributed by atoms with Crippen LogP contribution in [0.3, 0.4) is 0 Å². The normalized spacial score (nSPS) is 10.8. The Hall–Kier alpha value is -3.58. The Morgan fingerprint density at radius 3 is 2.67 bits per heavy atom. The van der Waals surface area contributed by atoms with Gasteiger partial charge in [0.1, 0.15) is 17.2 Å². The number of halogens is 1. The average molecular weight is 422 g/mol. The summed E-state index contributed by atoms with van der Waals surface area (Å²) in [7, 11) is 3.50. The fraction of sp³-hybridized carbons (Fsp3) is 0.136. The number of carbonyl (C=O) groups excluding carboxylic acids is 1. The number of fused-ring (bicyclic) bond motifs is 1. The Labute approximate surface area is 178 Å². The quantitative estimate of drug-likeness (QED) is 0.482. The predicted molar refractivity (Wildman–Crippen MR) is 118 cm³/mol. The van der Waals surface area contributed by atoms with Crippen molar-refractivity contribution in [2.45, 2.75) is 6.92 Å². The van der Waals surface area contributed by atoms with E-state index in [4.69, 9.17) is 16.3 Å². The van der Waals surface area contributed by atoms with Crippen LogP contribution in [-0.4, -0.2) is 27.5 Å². The van der Waals surface area contributed by atoms with Crippen LogP contribution in [0.2, 0.25) is 5.02 Å². The molecule has 0 aliphatic carbocycles. The van der Waals surface area contributed by atoms with Crippen LogP contribution in [0.4, 0.5) is 11.6 Å². The maximum absolute atomic E-state index is 11.8. The second-order valence-corrected chi connectivity index (χ2v) is 7.20. The van der Waals surface area contributed by atoms with E-state index < -0.39 is 0 Å². The largest absolute Gasteiger partial charge is 0.457 e. The van der Waals surface area contributed by atoms with Crippen molar-refractivity contribution in [2.75, 3.05) is 12.4 Å². The van der Waals surface area contributed by atoms with Gasteiger partial charge in [0.05, 0.1) is 11.0 Å². The molecule has 8 heteroatoms. The third-order valence-corrected chi connectivity index (χ3v) is 5.11. The van der Waals surface area contributed by atoms with E-state index >= 15 is 0 Å². The van der Waals surface area contributed by atoms with Gasteiger partial charge in [-0.1, -0.05) is 17.7 Å². The lowest BCUT2D eigenvalue weighted by Crippen LogP contribution is -2.18. The van der Waals surface area contributed by atoms with Crippen molar-refractivity contribution in [1.82, 2.24) is 19.9 Å². The van der Waals surface area contributed by atoms with E-state index in [1.54, 1.807) is 19.2 Å². The highest BCUT2D eigenvalue weighted by atomic mass is 35.5. The van der Waals surface area contributed by atoms with E-state index in [9.17, 15) is 4.79 Å². The number of anilines is 2. The Morgan fingerprint density at radius 2 is 1.90 bits per heavy atom. The van der Waals surface area contributed by atoms with Gasteiger partial charge in [-0.2, -0.15) is 0 Å². The molecule has 0 saturated heterocycles. The fourth-order valence-electron chi connectivity index (χ4n) is 3.02. The summed E-state index contributed by atoms with van der Waals surface area (Å²) >= 11 is 6.22. The Kier molecular flexibility index (Phi) is 5.29. The molecule has 0 radical (unpaired) electrons. The van der Waals surface area contributed by atoms with Crippen molar-refractivity contribution in [1.29, 1.82) is 0 Å². The van der Waals surface area contributed by atoms with Gasteiger partial charge in [-0.15, -0.1) is 0 Å². The Bertz CT molecular complexity index is 1250. The molecule has 2 N–H and O–H groups in total. The van der Waals surface area contributed by atoms with E-state index in [2.05, 4.69) is 20.6 Å². The third kappa shape index (κ3) is 3.92. The van der Waals surface area contributed by atoms with Gasteiger partial charge in [0, 0.05) is 43.1 Å². The van der Waals surface area contributed by atoms with E-state index in [0.29, 0.717) is 22.5 Å². The number of pyridine rings is 1. The smallest absolute Gasteiger partial charge is 0.269 e. The molecule has 1 amide bonds. The van der Waals surface area contributed by atoms with E-state index in [1.807, 2.05) is 54.9 Å². The summed E-state index contributed by atoms with van der Waals surface area (Å²) < 4.78 is 7.87. The molecule has 0 fully saturated rings. The number of imidazole rings is 1. The summed E-state index contributed by atoms with van der Waals surface area (Å²) in [5.41, 5.74) is 3.89. The molecular formula is C22H20ClN5O2. The zero-order chi connectivity index (χ0) is 21.3. The van der Waals surface area contributed by atoms with Crippen LogP contribution in [-0.2, 0) is 7.05 Å². The molecule has 4 aromatic rings. The minimum absolute atomic E-state index is 0.271. The standard InChI is InChI=1S/C22H20ClN5O2/c1-13-4-5-14(10-17(13)23)26-22-27-18-11-15(6-7-20(18)28(22)3)30-16-8-9-25-19(12-16)21(29)24-2/h4-12H,1-3H3,(H,24,29)(H,26,27). The third-order valence-electron chi connectivity index (χ3n) is 4.71. The van der Waals surface area contributed by atoms with E-state index in [0.717, 1.165) is 22.3 Å². The van der Waals surface area contributed by atoms with Gasteiger partial charge < -0.3 is 19.9 Å². The molecule has 0 unspecified atom stereocenters. The van der Waals surface area contributed by atoms with Crippen molar-refractivity contribution < 1.29 is 9.53 Å². The molecule has 7 nitrogen and oxygen atoms in total. The molecule has 2 heterocycles. The minimum atomic E-state index is -0.271. The van der Waals surface area contributed by atoms with Crippen molar-refractivity contribution in [2.24, 2.45) is 7.05 Å². The highest BCUT2D eigenvalue weighted by Crippen LogP contribution is 2.29. The first-order valence-corrected chi connectivity index (χ1v) is 9.68. The molecular weight excluding hydrogens is 402 g/mol. The van der Waals surface area contributed by atoms with Crippen molar-refractivity contribution in [3.05, 3.63) is 71.0 Å². The summed E-state index contributed by atoms with van der Waals surface area (Å²) in [6, 6.07) is 14.7. The summed E-state index contributed by atoms with van der Waals surface area (Å²) in [6.07, 6.45) is 1.54. The maximum Gasteiger partial charge on any atom is 0.269 e. The number of hydrogen-bond donors (Lipinski definition) is 2. The molecule has 4 rings (SSSR count). The number of ether oxygens (including phenoxy) is 1. The van der Waals surface area contributed by atoms with Crippen LogP contribution in [0.5, 0.6) is 11.5 Å². The Morgan fingerprint density at radius 1 is 1.10 bits per heavy atom. The van der Waals surface area contributed by atoms with Crippen LogP contribution in [0, 0.1) is 6.92 Å². The zero-order valence-electron chi connectivity index (χ0n) is 16.7. The number of hydrogen-bond acceptors (Lipinski definition) is 5. The average Bonchev–Trinajstić information content (AvgIpc) is 3.05. The summed E-state index contributed by atoms with van der Waals surface area (Å²) in [5.74, 6) is 1.55. The van der Waals surface area contributed by atoms with Gasteiger partial charge in [-0.05, 0) is 42.8 Å². The highest BCUT2D eigenvalue weighted by molar-refractivity contribution is 6.31. The predicted octanol–water partition coefficient (Wildman–Crippen LogP) is 4.83. The first kappa shape index (κ1) is 19.7. The monoisotopic (exact) mass is 421 g/mol. The molecule has 0 bridgehead atoms. The molecule has 0 saturated carbocycles. The lowest BCUT2D eigenvalue weighted by molar-refractivity contribution is 0.0958.